The molecule has 0 radical (unpaired) electrons. The Labute approximate surface area is 167 Å². The Kier molecular flexibility index (Phi) is 4.96. The van der Waals surface area contributed by atoms with Crippen LogP contribution in [0.15, 0.2) is 47.0 Å². The zero-order valence-corrected chi connectivity index (χ0v) is 16.3. The molecule has 1 aliphatic rings. The number of benzene rings is 2. The molecular weight excluding hydrogens is 380 g/mol. The third-order valence-electron chi connectivity index (χ3n) is 4.86. The van der Waals surface area contributed by atoms with Crippen LogP contribution in [-0.4, -0.2) is 36.7 Å². The summed E-state index contributed by atoms with van der Waals surface area (Å²) in [5, 5.41) is 4.84. The van der Waals surface area contributed by atoms with Crippen LogP contribution in [0.4, 0.5) is 0 Å². The molecule has 4 rings (SSSR count). The molecule has 0 saturated carbocycles. The fourth-order valence-corrected chi connectivity index (χ4v) is 3.49. The lowest BCUT2D eigenvalue weighted by atomic mass is 10.0. The van der Waals surface area contributed by atoms with Crippen LogP contribution < -0.4 is 9.47 Å². The Bertz CT molecular complexity index is 1010. The number of hydrogen-bond acceptors (Lipinski definition) is 5. The number of hydrogen-bond donors (Lipinski definition) is 0. The molecule has 0 N–H and O–H groups in total. The van der Waals surface area contributed by atoms with Crippen molar-refractivity contribution in [2.24, 2.45) is 0 Å². The smallest absolute Gasteiger partial charge is 0.254 e. The summed E-state index contributed by atoms with van der Waals surface area (Å²) in [5.74, 6) is 1.72. The SMILES string of the molecule is COc1ccc(C(=O)N2CCc3noc(-c4ccc(Cl)cc4)c3C2)cc1OC. The summed E-state index contributed by atoms with van der Waals surface area (Å²) < 4.78 is 16.1. The molecule has 3 aromatic rings. The maximum atomic E-state index is 13.1. The van der Waals surface area contributed by atoms with E-state index in [-0.39, 0.29) is 5.91 Å². The van der Waals surface area contributed by atoms with Crippen molar-refractivity contribution in [3.05, 3.63) is 64.3 Å². The lowest BCUT2D eigenvalue weighted by Crippen LogP contribution is -2.35. The van der Waals surface area contributed by atoms with Gasteiger partial charge in [0.1, 0.15) is 0 Å². The van der Waals surface area contributed by atoms with Gasteiger partial charge in [0.05, 0.1) is 26.5 Å². The Morgan fingerprint density at radius 2 is 1.86 bits per heavy atom. The molecule has 1 aliphatic heterocycles. The first kappa shape index (κ1) is 18.4. The van der Waals surface area contributed by atoms with Crippen LogP contribution in [0.2, 0.25) is 5.02 Å². The van der Waals surface area contributed by atoms with Gasteiger partial charge in [0.2, 0.25) is 0 Å². The van der Waals surface area contributed by atoms with Crippen molar-refractivity contribution in [1.29, 1.82) is 0 Å². The standard InChI is InChI=1S/C21H19ClN2O4/c1-26-18-8-5-14(11-19(18)27-2)21(25)24-10-9-17-16(12-24)20(28-23-17)13-3-6-15(22)7-4-13/h3-8,11H,9-10,12H2,1-2H3. The number of rotatable bonds is 4. The fourth-order valence-electron chi connectivity index (χ4n) is 3.37. The van der Waals surface area contributed by atoms with Gasteiger partial charge in [-0.1, -0.05) is 16.8 Å². The predicted octanol–water partition coefficient (Wildman–Crippen LogP) is 4.21. The van der Waals surface area contributed by atoms with Crippen LogP contribution >= 0.6 is 11.6 Å². The summed E-state index contributed by atoms with van der Waals surface area (Å²) >= 11 is 5.98. The van der Waals surface area contributed by atoms with Crippen molar-refractivity contribution in [3.63, 3.8) is 0 Å². The molecule has 0 saturated heterocycles. The molecule has 0 spiro atoms. The minimum atomic E-state index is -0.0742. The van der Waals surface area contributed by atoms with E-state index in [0.717, 1.165) is 16.8 Å². The van der Waals surface area contributed by atoms with Gasteiger partial charge >= 0.3 is 0 Å². The van der Waals surface area contributed by atoms with E-state index in [9.17, 15) is 4.79 Å². The monoisotopic (exact) mass is 398 g/mol. The Morgan fingerprint density at radius 1 is 1.11 bits per heavy atom. The third-order valence-corrected chi connectivity index (χ3v) is 5.11. The van der Waals surface area contributed by atoms with Crippen molar-refractivity contribution >= 4 is 17.5 Å². The first-order valence-corrected chi connectivity index (χ1v) is 9.23. The summed E-state index contributed by atoms with van der Waals surface area (Å²) in [4.78, 5) is 14.8. The minimum absolute atomic E-state index is 0.0742. The molecule has 28 heavy (non-hydrogen) atoms. The average Bonchev–Trinajstić information content (AvgIpc) is 3.16. The Morgan fingerprint density at radius 3 is 2.57 bits per heavy atom. The van der Waals surface area contributed by atoms with Crippen molar-refractivity contribution in [1.82, 2.24) is 10.1 Å². The van der Waals surface area contributed by atoms with Gasteiger partial charge in [0.15, 0.2) is 17.3 Å². The lowest BCUT2D eigenvalue weighted by Gasteiger charge is -2.26. The van der Waals surface area contributed by atoms with Crippen LogP contribution in [0.5, 0.6) is 11.5 Å². The quantitative estimate of drug-likeness (QED) is 0.658. The van der Waals surface area contributed by atoms with Crippen LogP contribution in [0, 0.1) is 0 Å². The number of methoxy groups -OCH3 is 2. The molecule has 6 nitrogen and oxygen atoms in total. The zero-order chi connectivity index (χ0) is 19.7. The molecule has 0 bridgehead atoms. The van der Waals surface area contributed by atoms with E-state index in [0.29, 0.717) is 47.4 Å². The molecular formula is C21H19ClN2O4. The normalized spacial score (nSPS) is 13.2. The van der Waals surface area contributed by atoms with Crippen LogP contribution in [0.25, 0.3) is 11.3 Å². The first-order valence-electron chi connectivity index (χ1n) is 8.85. The second-order valence-electron chi connectivity index (χ2n) is 6.49. The second-order valence-corrected chi connectivity index (χ2v) is 6.93. The molecule has 1 aromatic heterocycles. The maximum Gasteiger partial charge on any atom is 0.254 e. The molecule has 1 amide bonds. The van der Waals surface area contributed by atoms with E-state index in [1.165, 1.54) is 0 Å². The molecule has 7 heteroatoms. The number of amides is 1. The molecule has 0 atom stereocenters. The van der Waals surface area contributed by atoms with E-state index < -0.39 is 0 Å². The predicted molar refractivity (Wildman–Crippen MR) is 105 cm³/mol. The number of carbonyl (C=O) groups is 1. The lowest BCUT2D eigenvalue weighted by molar-refractivity contribution is 0.0734. The Hall–Kier alpha value is -2.99. The zero-order valence-electron chi connectivity index (χ0n) is 15.6. The minimum Gasteiger partial charge on any atom is -0.493 e. The van der Waals surface area contributed by atoms with Crippen molar-refractivity contribution in [2.45, 2.75) is 13.0 Å². The summed E-state index contributed by atoms with van der Waals surface area (Å²) in [6.45, 7) is 1.01. The number of fused-ring (bicyclic) bond motifs is 1. The highest BCUT2D eigenvalue weighted by Gasteiger charge is 2.28. The van der Waals surface area contributed by atoms with Crippen molar-refractivity contribution in [3.8, 4) is 22.8 Å². The van der Waals surface area contributed by atoms with Gasteiger partial charge in [-0.05, 0) is 42.5 Å². The molecule has 0 unspecified atom stereocenters. The number of ether oxygens (including phenoxy) is 2. The summed E-state index contributed by atoms with van der Waals surface area (Å²) in [5.41, 5.74) is 3.26. The highest BCUT2D eigenvalue weighted by Crippen LogP contribution is 2.33. The van der Waals surface area contributed by atoms with Gasteiger partial charge in [0.25, 0.3) is 5.91 Å². The van der Waals surface area contributed by atoms with Gasteiger partial charge in [-0.2, -0.15) is 0 Å². The van der Waals surface area contributed by atoms with Gasteiger partial charge < -0.3 is 18.9 Å². The number of nitrogens with zero attached hydrogens (tertiary/aromatic N) is 2. The first-order chi connectivity index (χ1) is 13.6. The molecule has 144 valence electrons. The van der Waals surface area contributed by atoms with E-state index in [4.69, 9.17) is 25.6 Å². The summed E-state index contributed by atoms with van der Waals surface area (Å²) in [6.07, 6.45) is 0.644. The highest BCUT2D eigenvalue weighted by molar-refractivity contribution is 6.30. The fraction of sp³-hybridized carbons (Fsp3) is 0.238. The van der Waals surface area contributed by atoms with Crippen LogP contribution in [0.3, 0.4) is 0 Å². The number of aromatic nitrogens is 1. The summed E-state index contributed by atoms with van der Waals surface area (Å²) in [6, 6.07) is 12.6. The van der Waals surface area contributed by atoms with E-state index in [1.807, 2.05) is 12.1 Å². The third kappa shape index (κ3) is 3.31. The highest BCUT2D eigenvalue weighted by atomic mass is 35.5. The van der Waals surface area contributed by atoms with E-state index in [1.54, 1.807) is 49.5 Å². The average molecular weight is 399 g/mol. The van der Waals surface area contributed by atoms with E-state index >= 15 is 0 Å². The van der Waals surface area contributed by atoms with E-state index in [2.05, 4.69) is 5.16 Å². The van der Waals surface area contributed by atoms with Crippen molar-refractivity contribution < 1.29 is 18.8 Å². The number of halogens is 1. The van der Waals surface area contributed by atoms with Gasteiger partial charge in [-0.15, -0.1) is 0 Å². The largest absolute Gasteiger partial charge is 0.493 e. The molecule has 0 fully saturated rings. The van der Waals surface area contributed by atoms with Crippen LogP contribution in [-0.2, 0) is 13.0 Å². The molecule has 2 aromatic carbocycles. The topological polar surface area (TPSA) is 64.8 Å². The van der Waals surface area contributed by atoms with Crippen molar-refractivity contribution in [2.75, 3.05) is 20.8 Å². The van der Waals surface area contributed by atoms with Crippen LogP contribution in [0.1, 0.15) is 21.6 Å². The molecule has 2 heterocycles. The second kappa shape index (κ2) is 7.56. The maximum absolute atomic E-state index is 13.1. The Balaban J connectivity index is 1.61. The van der Waals surface area contributed by atoms with Gasteiger partial charge in [0, 0.05) is 34.7 Å². The molecule has 0 aliphatic carbocycles. The van der Waals surface area contributed by atoms with Gasteiger partial charge in [-0.3, -0.25) is 4.79 Å². The van der Waals surface area contributed by atoms with Gasteiger partial charge in [-0.25, -0.2) is 0 Å². The summed E-state index contributed by atoms with van der Waals surface area (Å²) in [7, 11) is 3.12. The number of carbonyl (C=O) groups excluding carboxylic acids is 1.